The number of hydrogen-bond acceptors (Lipinski definition) is 1. The normalized spacial score (nSPS) is 12.7. The minimum atomic E-state index is -4.90. The highest BCUT2D eigenvalue weighted by atomic mass is 79.9. The molecular formula is C10H5BrF6O. The van der Waals surface area contributed by atoms with Crippen molar-refractivity contribution in [2.45, 2.75) is 19.3 Å². The van der Waals surface area contributed by atoms with Crippen LogP contribution < -0.4 is 0 Å². The number of carbonyl (C=O) groups excluding carboxylic acids is 1. The number of alkyl halides is 6. The molecule has 0 spiro atoms. The Bertz CT molecular complexity index is 488. The standard InChI is InChI=1S/C10H5BrF6O/c1-4(18)7-5(9(12,13)14)2-3-6(8(7)11)10(15,16)17/h2-3H,1H3. The summed E-state index contributed by atoms with van der Waals surface area (Å²) in [6.45, 7) is 0.773. The summed E-state index contributed by atoms with van der Waals surface area (Å²) >= 11 is 2.42. The highest BCUT2D eigenvalue weighted by Gasteiger charge is 2.40. The van der Waals surface area contributed by atoms with Crippen molar-refractivity contribution in [1.29, 1.82) is 0 Å². The van der Waals surface area contributed by atoms with E-state index in [0.29, 0.717) is 6.07 Å². The molecule has 1 aromatic carbocycles. The van der Waals surface area contributed by atoms with Crippen LogP contribution in [0.15, 0.2) is 16.6 Å². The largest absolute Gasteiger partial charge is 0.417 e. The molecule has 100 valence electrons. The number of halogens is 7. The van der Waals surface area contributed by atoms with Crippen molar-refractivity contribution in [1.82, 2.24) is 0 Å². The topological polar surface area (TPSA) is 17.1 Å². The Morgan fingerprint density at radius 2 is 1.39 bits per heavy atom. The first-order valence-corrected chi connectivity index (χ1v) is 5.23. The van der Waals surface area contributed by atoms with Crippen LogP contribution in [0, 0.1) is 0 Å². The number of hydrogen-bond donors (Lipinski definition) is 0. The summed E-state index contributed by atoms with van der Waals surface area (Å²) in [4.78, 5) is 11.1. The summed E-state index contributed by atoms with van der Waals surface area (Å²) < 4.78 is 74.3. The van der Waals surface area contributed by atoms with Gasteiger partial charge in [-0.05, 0) is 35.0 Å². The van der Waals surface area contributed by atoms with Crippen molar-refractivity contribution in [3.63, 3.8) is 0 Å². The van der Waals surface area contributed by atoms with Gasteiger partial charge in [0.05, 0.1) is 11.1 Å². The molecule has 0 aliphatic heterocycles. The summed E-state index contributed by atoms with van der Waals surface area (Å²) in [5.41, 5.74) is -3.73. The van der Waals surface area contributed by atoms with E-state index in [2.05, 4.69) is 15.9 Å². The Balaban J connectivity index is 3.64. The highest BCUT2D eigenvalue weighted by Crippen LogP contribution is 2.42. The zero-order valence-electron chi connectivity index (χ0n) is 8.71. The number of benzene rings is 1. The third-order valence-corrected chi connectivity index (χ3v) is 2.93. The van der Waals surface area contributed by atoms with E-state index in [4.69, 9.17) is 0 Å². The summed E-state index contributed by atoms with van der Waals surface area (Å²) in [6, 6.07) is 0.545. The Kier molecular flexibility index (Phi) is 3.81. The first-order valence-electron chi connectivity index (χ1n) is 4.44. The molecule has 0 unspecified atom stereocenters. The molecule has 18 heavy (non-hydrogen) atoms. The third kappa shape index (κ3) is 2.85. The summed E-state index contributed by atoms with van der Waals surface area (Å²) in [5.74, 6) is -1.10. The average Bonchev–Trinajstić information content (AvgIpc) is 2.12. The molecule has 0 atom stereocenters. The number of Topliss-reactive ketones (excluding diaryl/α,β-unsaturated/α-hetero) is 1. The monoisotopic (exact) mass is 334 g/mol. The quantitative estimate of drug-likeness (QED) is 0.538. The first kappa shape index (κ1) is 15.0. The van der Waals surface area contributed by atoms with Gasteiger partial charge in [0, 0.05) is 10.0 Å². The first-order chi connectivity index (χ1) is 7.96. The maximum Gasteiger partial charge on any atom is 0.417 e. The SMILES string of the molecule is CC(=O)c1c(C(F)(F)F)ccc(C(F)(F)F)c1Br. The predicted molar refractivity (Wildman–Crippen MR) is 54.2 cm³/mol. The average molecular weight is 335 g/mol. The zero-order valence-corrected chi connectivity index (χ0v) is 10.3. The molecule has 1 rings (SSSR count). The fourth-order valence-corrected chi connectivity index (χ4v) is 2.23. The number of carbonyl (C=O) groups is 1. The van der Waals surface area contributed by atoms with Gasteiger partial charge in [-0.1, -0.05) is 0 Å². The van der Waals surface area contributed by atoms with Gasteiger partial charge in [0.15, 0.2) is 5.78 Å². The van der Waals surface area contributed by atoms with Gasteiger partial charge < -0.3 is 0 Å². The van der Waals surface area contributed by atoms with Crippen LogP contribution in [0.5, 0.6) is 0 Å². The smallest absolute Gasteiger partial charge is 0.294 e. The van der Waals surface area contributed by atoms with Gasteiger partial charge in [-0.3, -0.25) is 4.79 Å². The molecule has 0 radical (unpaired) electrons. The Labute approximate surface area is 106 Å². The molecule has 0 fully saturated rings. The summed E-state index contributed by atoms with van der Waals surface area (Å²) in [7, 11) is 0. The molecule has 8 heteroatoms. The van der Waals surface area contributed by atoms with Crippen LogP contribution in [0.2, 0.25) is 0 Å². The Morgan fingerprint density at radius 3 is 1.72 bits per heavy atom. The molecule has 0 bridgehead atoms. The zero-order chi connectivity index (χ0) is 14.3. The van der Waals surface area contributed by atoms with Gasteiger partial charge in [0.25, 0.3) is 0 Å². The molecule has 0 saturated carbocycles. The van der Waals surface area contributed by atoms with E-state index >= 15 is 0 Å². The fourth-order valence-electron chi connectivity index (χ4n) is 1.38. The molecule has 1 nitrogen and oxygen atoms in total. The molecule has 0 aliphatic carbocycles. The minimum absolute atomic E-state index is 0.254. The minimum Gasteiger partial charge on any atom is -0.294 e. The molecule has 0 heterocycles. The van der Waals surface area contributed by atoms with Crippen LogP contribution >= 0.6 is 15.9 Å². The molecule has 0 aliphatic rings. The number of ketones is 1. The van der Waals surface area contributed by atoms with Crippen LogP contribution in [0.3, 0.4) is 0 Å². The van der Waals surface area contributed by atoms with Crippen molar-refractivity contribution >= 4 is 21.7 Å². The Morgan fingerprint density at radius 1 is 1.00 bits per heavy atom. The van der Waals surface area contributed by atoms with Crippen LogP contribution in [0.4, 0.5) is 26.3 Å². The van der Waals surface area contributed by atoms with Crippen molar-refractivity contribution < 1.29 is 31.1 Å². The van der Waals surface area contributed by atoms with E-state index in [1.165, 1.54) is 0 Å². The van der Waals surface area contributed by atoms with Gasteiger partial charge in [-0.2, -0.15) is 26.3 Å². The van der Waals surface area contributed by atoms with Gasteiger partial charge in [-0.15, -0.1) is 0 Å². The van der Waals surface area contributed by atoms with Gasteiger partial charge in [0.1, 0.15) is 0 Å². The van der Waals surface area contributed by atoms with Crippen molar-refractivity contribution in [2.24, 2.45) is 0 Å². The van der Waals surface area contributed by atoms with E-state index in [9.17, 15) is 31.1 Å². The Hall–Kier alpha value is -1.05. The van der Waals surface area contributed by atoms with E-state index in [1.54, 1.807) is 0 Å². The van der Waals surface area contributed by atoms with Crippen molar-refractivity contribution in [3.05, 3.63) is 33.3 Å². The van der Waals surface area contributed by atoms with Crippen LogP contribution in [-0.4, -0.2) is 5.78 Å². The molecule has 0 N–H and O–H groups in total. The van der Waals surface area contributed by atoms with Crippen LogP contribution in [0.1, 0.15) is 28.4 Å². The lowest BCUT2D eigenvalue weighted by Gasteiger charge is -2.16. The van der Waals surface area contributed by atoms with Gasteiger partial charge in [-0.25, -0.2) is 0 Å². The van der Waals surface area contributed by atoms with E-state index in [0.717, 1.165) is 6.92 Å². The third-order valence-electron chi connectivity index (χ3n) is 2.10. The van der Waals surface area contributed by atoms with E-state index in [-0.39, 0.29) is 6.07 Å². The van der Waals surface area contributed by atoms with Crippen LogP contribution in [0.25, 0.3) is 0 Å². The van der Waals surface area contributed by atoms with E-state index < -0.39 is 39.3 Å². The summed E-state index contributed by atoms with van der Waals surface area (Å²) in [6.07, 6.45) is -9.74. The van der Waals surface area contributed by atoms with Crippen LogP contribution in [-0.2, 0) is 12.4 Å². The molecular weight excluding hydrogens is 330 g/mol. The van der Waals surface area contributed by atoms with Crippen molar-refractivity contribution in [2.75, 3.05) is 0 Å². The lowest BCUT2D eigenvalue weighted by atomic mass is 10.0. The van der Waals surface area contributed by atoms with Gasteiger partial charge >= 0.3 is 12.4 Å². The highest BCUT2D eigenvalue weighted by molar-refractivity contribution is 9.10. The lowest BCUT2D eigenvalue weighted by Crippen LogP contribution is -2.16. The van der Waals surface area contributed by atoms with Gasteiger partial charge in [0.2, 0.25) is 0 Å². The maximum absolute atomic E-state index is 12.6. The van der Waals surface area contributed by atoms with E-state index in [1.807, 2.05) is 0 Å². The molecule has 0 aromatic heterocycles. The molecule has 1 aromatic rings. The molecule has 0 saturated heterocycles. The fraction of sp³-hybridized carbons (Fsp3) is 0.300. The predicted octanol–water partition coefficient (Wildman–Crippen LogP) is 4.69. The second-order valence-electron chi connectivity index (χ2n) is 3.40. The maximum atomic E-state index is 12.6. The van der Waals surface area contributed by atoms with Crippen molar-refractivity contribution in [3.8, 4) is 0 Å². The second-order valence-corrected chi connectivity index (χ2v) is 4.19. The summed E-state index contributed by atoms with van der Waals surface area (Å²) in [5, 5.41) is 0. The molecule has 0 amide bonds. The second kappa shape index (κ2) is 4.56. The lowest BCUT2D eigenvalue weighted by molar-refractivity contribution is -0.142. The number of rotatable bonds is 1.